The molecule has 0 saturated carbocycles. The second-order valence-corrected chi connectivity index (χ2v) is 4.46. The molecule has 0 aliphatic rings. The highest BCUT2D eigenvalue weighted by Crippen LogP contribution is 2.20. The lowest BCUT2D eigenvalue weighted by Gasteiger charge is -2.15. The van der Waals surface area contributed by atoms with Gasteiger partial charge in [0.2, 0.25) is 0 Å². The molecule has 0 bridgehead atoms. The van der Waals surface area contributed by atoms with Crippen molar-refractivity contribution in [1.29, 1.82) is 0 Å². The maximum absolute atomic E-state index is 6.05. The molecule has 0 unspecified atom stereocenters. The van der Waals surface area contributed by atoms with E-state index in [-0.39, 0.29) is 0 Å². The molecule has 90 valence electrons. The van der Waals surface area contributed by atoms with Crippen LogP contribution in [0.3, 0.4) is 0 Å². The molecule has 0 atom stereocenters. The van der Waals surface area contributed by atoms with Crippen LogP contribution in [-0.4, -0.2) is 23.5 Å². The Morgan fingerprint density at radius 2 is 2.06 bits per heavy atom. The molecule has 17 heavy (non-hydrogen) atoms. The van der Waals surface area contributed by atoms with Gasteiger partial charge in [0, 0.05) is 17.6 Å². The van der Waals surface area contributed by atoms with E-state index in [1.165, 1.54) is 0 Å². The smallest absolute Gasteiger partial charge is 0.0726 e. The first-order valence-electron chi connectivity index (χ1n) is 6.03. The zero-order valence-corrected chi connectivity index (χ0v) is 10.5. The molecule has 0 fully saturated rings. The Morgan fingerprint density at radius 1 is 1.29 bits per heavy atom. The molecule has 1 aromatic carbocycles. The van der Waals surface area contributed by atoms with Gasteiger partial charge >= 0.3 is 0 Å². The van der Waals surface area contributed by atoms with Gasteiger partial charge in [0.25, 0.3) is 0 Å². The summed E-state index contributed by atoms with van der Waals surface area (Å²) >= 11 is 0. The minimum Gasteiger partial charge on any atom is -0.398 e. The molecule has 2 rings (SSSR count). The predicted molar refractivity (Wildman–Crippen MR) is 72.8 cm³/mol. The molecular weight excluding hydrogens is 210 g/mol. The molecule has 3 heteroatoms. The van der Waals surface area contributed by atoms with Crippen molar-refractivity contribution in [2.75, 3.05) is 19.3 Å². The molecule has 2 N–H and O–H groups in total. The van der Waals surface area contributed by atoms with Crippen LogP contribution in [0.25, 0.3) is 10.9 Å². The van der Waals surface area contributed by atoms with E-state index in [9.17, 15) is 0 Å². The highest BCUT2D eigenvalue weighted by Gasteiger charge is 2.05. The fraction of sp³-hybridized carbons (Fsp3) is 0.357. The van der Waals surface area contributed by atoms with Crippen molar-refractivity contribution in [2.24, 2.45) is 0 Å². The lowest BCUT2D eigenvalue weighted by molar-refractivity contribution is 0.324. The second-order valence-electron chi connectivity index (χ2n) is 4.46. The Balaban J connectivity index is 2.30. The van der Waals surface area contributed by atoms with E-state index in [4.69, 9.17) is 5.73 Å². The van der Waals surface area contributed by atoms with Crippen LogP contribution < -0.4 is 5.73 Å². The van der Waals surface area contributed by atoms with Crippen LogP contribution in [0.15, 0.2) is 30.3 Å². The van der Waals surface area contributed by atoms with Gasteiger partial charge in [-0.05, 0) is 32.1 Å². The summed E-state index contributed by atoms with van der Waals surface area (Å²) in [5.41, 5.74) is 8.88. The predicted octanol–water partition coefficient (Wildman–Crippen LogP) is 2.66. The van der Waals surface area contributed by atoms with Crippen LogP contribution >= 0.6 is 0 Å². The van der Waals surface area contributed by atoms with Crippen molar-refractivity contribution in [3.63, 3.8) is 0 Å². The maximum atomic E-state index is 6.05. The normalized spacial score (nSPS) is 11.2. The molecule has 0 aliphatic heterocycles. The number of anilines is 1. The summed E-state index contributed by atoms with van der Waals surface area (Å²) in [6, 6.07) is 9.98. The van der Waals surface area contributed by atoms with Crippen LogP contribution in [-0.2, 0) is 6.54 Å². The van der Waals surface area contributed by atoms with Gasteiger partial charge in [-0.2, -0.15) is 0 Å². The molecule has 2 aromatic rings. The lowest BCUT2D eigenvalue weighted by atomic mass is 10.1. The number of aromatic nitrogens is 1. The van der Waals surface area contributed by atoms with Gasteiger partial charge in [0.15, 0.2) is 0 Å². The molecule has 0 amide bonds. The van der Waals surface area contributed by atoms with Crippen molar-refractivity contribution >= 4 is 16.6 Å². The number of nitrogens with zero attached hydrogens (tertiary/aromatic N) is 2. The van der Waals surface area contributed by atoms with Gasteiger partial charge in [-0.3, -0.25) is 4.98 Å². The van der Waals surface area contributed by atoms with Crippen LogP contribution in [0.4, 0.5) is 5.69 Å². The molecular formula is C14H19N3. The van der Waals surface area contributed by atoms with E-state index in [1.54, 1.807) is 0 Å². The van der Waals surface area contributed by atoms with Gasteiger partial charge in [-0.25, -0.2) is 0 Å². The monoisotopic (exact) mass is 229 g/mol. The Hall–Kier alpha value is -1.61. The van der Waals surface area contributed by atoms with Gasteiger partial charge < -0.3 is 10.6 Å². The first kappa shape index (κ1) is 11.9. The number of benzene rings is 1. The van der Waals surface area contributed by atoms with Gasteiger partial charge in [0.1, 0.15) is 0 Å². The van der Waals surface area contributed by atoms with E-state index >= 15 is 0 Å². The highest BCUT2D eigenvalue weighted by molar-refractivity contribution is 5.90. The van der Waals surface area contributed by atoms with Crippen molar-refractivity contribution in [2.45, 2.75) is 19.9 Å². The Morgan fingerprint density at radius 3 is 2.82 bits per heavy atom. The zero-order valence-electron chi connectivity index (χ0n) is 10.5. The lowest BCUT2D eigenvalue weighted by Crippen LogP contribution is -2.19. The fourth-order valence-electron chi connectivity index (χ4n) is 2.08. The summed E-state index contributed by atoms with van der Waals surface area (Å²) in [5.74, 6) is 0. The number of rotatable bonds is 4. The number of nitrogens with two attached hydrogens (primary N) is 1. The fourth-order valence-corrected chi connectivity index (χ4v) is 2.08. The van der Waals surface area contributed by atoms with Crippen molar-refractivity contribution in [1.82, 2.24) is 9.88 Å². The SMILES string of the molecule is CCCN(C)Cc1cc(N)c2ccccc2n1. The summed E-state index contributed by atoms with van der Waals surface area (Å²) in [6.07, 6.45) is 1.15. The minimum absolute atomic E-state index is 0.815. The zero-order chi connectivity index (χ0) is 12.3. The highest BCUT2D eigenvalue weighted by atomic mass is 15.1. The quantitative estimate of drug-likeness (QED) is 0.876. The number of hydrogen-bond acceptors (Lipinski definition) is 3. The second kappa shape index (κ2) is 5.15. The van der Waals surface area contributed by atoms with Gasteiger partial charge in [-0.1, -0.05) is 25.1 Å². The Bertz CT molecular complexity index is 508. The third-order valence-corrected chi connectivity index (χ3v) is 2.84. The molecule has 0 saturated heterocycles. The Labute approximate surface area is 102 Å². The molecule has 3 nitrogen and oxygen atoms in total. The number of fused-ring (bicyclic) bond motifs is 1. The molecule has 0 aliphatic carbocycles. The van der Waals surface area contributed by atoms with Crippen molar-refractivity contribution in [3.8, 4) is 0 Å². The summed E-state index contributed by atoms with van der Waals surface area (Å²) in [7, 11) is 2.11. The van der Waals surface area contributed by atoms with Gasteiger partial charge in [-0.15, -0.1) is 0 Å². The van der Waals surface area contributed by atoms with Gasteiger partial charge in [0.05, 0.1) is 11.2 Å². The van der Waals surface area contributed by atoms with Crippen molar-refractivity contribution in [3.05, 3.63) is 36.0 Å². The topological polar surface area (TPSA) is 42.1 Å². The average molecular weight is 229 g/mol. The molecule has 1 heterocycles. The molecule has 0 spiro atoms. The maximum Gasteiger partial charge on any atom is 0.0726 e. The number of nitrogen functional groups attached to an aromatic ring is 1. The number of para-hydroxylation sites is 1. The largest absolute Gasteiger partial charge is 0.398 e. The van der Waals surface area contributed by atoms with Crippen LogP contribution in [0, 0.1) is 0 Å². The van der Waals surface area contributed by atoms with E-state index in [2.05, 4.69) is 23.9 Å². The molecule has 0 radical (unpaired) electrons. The summed E-state index contributed by atoms with van der Waals surface area (Å²) in [4.78, 5) is 6.90. The summed E-state index contributed by atoms with van der Waals surface area (Å²) in [6.45, 7) is 4.11. The van der Waals surface area contributed by atoms with E-state index in [0.717, 1.165) is 41.8 Å². The number of hydrogen-bond donors (Lipinski definition) is 1. The summed E-state index contributed by atoms with van der Waals surface area (Å²) in [5, 5.41) is 1.04. The minimum atomic E-state index is 0.815. The first-order chi connectivity index (χ1) is 8.20. The van der Waals surface area contributed by atoms with E-state index in [1.807, 2.05) is 30.3 Å². The third-order valence-electron chi connectivity index (χ3n) is 2.84. The number of pyridine rings is 1. The summed E-state index contributed by atoms with van der Waals surface area (Å²) < 4.78 is 0. The third kappa shape index (κ3) is 2.74. The average Bonchev–Trinajstić information content (AvgIpc) is 2.29. The first-order valence-corrected chi connectivity index (χ1v) is 6.03. The van der Waals surface area contributed by atoms with E-state index < -0.39 is 0 Å². The van der Waals surface area contributed by atoms with Crippen LogP contribution in [0.5, 0.6) is 0 Å². The Kier molecular flexibility index (Phi) is 3.59. The standard InChI is InChI=1S/C14H19N3/c1-3-8-17(2)10-11-9-13(15)12-6-4-5-7-14(12)16-11/h4-7,9H,3,8,10H2,1-2H3,(H2,15,16). The van der Waals surface area contributed by atoms with E-state index in [0.29, 0.717) is 0 Å². The van der Waals surface area contributed by atoms with Crippen LogP contribution in [0.2, 0.25) is 0 Å². The van der Waals surface area contributed by atoms with Crippen LogP contribution in [0.1, 0.15) is 19.0 Å². The van der Waals surface area contributed by atoms with Crippen molar-refractivity contribution < 1.29 is 0 Å². The molecule has 1 aromatic heterocycles.